The molecule has 12 nitrogen and oxygen atoms in total. The summed E-state index contributed by atoms with van der Waals surface area (Å²) in [6, 6.07) is 13.9. The third-order valence-electron chi connectivity index (χ3n) is 5.65. The normalized spacial score (nSPS) is 15.1. The highest BCUT2D eigenvalue weighted by molar-refractivity contribution is 6.68. The molecule has 176 valence electrons. The van der Waals surface area contributed by atoms with Crippen LogP contribution in [0.15, 0.2) is 78.1 Å². The number of H-pyrrole nitrogens is 1. The molecule has 1 aliphatic heterocycles. The number of aromatic nitrogens is 4. The van der Waals surface area contributed by atoms with Crippen molar-refractivity contribution in [2.24, 2.45) is 5.10 Å². The monoisotopic (exact) mass is 482 g/mol. The first-order chi connectivity index (χ1) is 17.5. The highest BCUT2D eigenvalue weighted by Gasteiger charge is 2.33. The number of carbonyl (C=O) groups is 2. The number of Topliss-reactive ketones (excluding diaryl/α,β-unsaturated/α-hetero) is 2. The number of nitrogens with one attached hydrogen (secondary N) is 2. The number of hydrogen-bond acceptors (Lipinski definition) is 11. The zero-order valence-electron chi connectivity index (χ0n) is 18.2. The number of benzene rings is 2. The SMILES string of the molecule is O=C(C(=O)c1cc(-c2nc3ccccc3c(=O)o2)[nH]n1)C1=NNC(c2nc3ccccc3c(=O)o2)C1. The van der Waals surface area contributed by atoms with Gasteiger partial charge in [-0.2, -0.15) is 10.2 Å². The molecular weight excluding hydrogens is 468 g/mol. The Kier molecular flexibility index (Phi) is 4.85. The molecule has 3 aromatic heterocycles. The molecule has 1 aliphatic rings. The first-order valence-electron chi connectivity index (χ1n) is 10.7. The van der Waals surface area contributed by atoms with Gasteiger partial charge in [0.25, 0.3) is 11.6 Å². The average Bonchev–Trinajstić information content (AvgIpc) is 3.59. The summed E-state index contributed by atoms with van der Waals surface area (Å²) >= 11 is 0. The summed E-state index contributed by atoms with van der Waals surface area (Å²) in [6.07, 6.45) is -0.0166. The van der Waals surface area contributed by atoms with Crippen molar-refractivity contribution in [3.63, 3.8) is 0 Å². The average molecular weight is 482 g/mol. The van der Waals surface area contributed by atoms with E-state index >= 15 is 0 Å². The van der Waals surface area contributed by atoms with E-state index in [1.807, 2.05) is 0 Å². The Morgan fingerprint density at radius 2 is 1.53 bits per heavy atom. The zero-order valence-corrected chi connectivity index (χ0v) is 18.2. The number of rotatable bonds is 5. The fourth-order valence-electron chi connectivity index (χ4n) is 3.84. The van der Waals surface area contributed by atoms with E-state index in [2.05, 4.69) is 30.7 Å². The first-order valence-corrected chi connectivity index (χ1v) is 10.7. The molecule has 1 unspecified atom stereocenters. The number of para-hydroxylation sites is 2. The van der Waals surface area contributed by atoms with Crippen LogP contribution >= 0.6 is 0 Å². The summed E-state index contributed by atoms with van der Waals surface area (Å²) in [5.74, 6) is -1.83. The molecule has 0 saturated heterocycles. The summed E-state index contributed by atoms with van der Waals surface area (Å²) in [5, 5.41) is 11.0. The van der Waals surface area contributed by atoms with Crippen molar-refractivity contribution >= 4 is 39.1 Å². The third-order valence-corrected chi connectivity index (χ3v) is 5.65. The Hall–Kier alpha value is -5.26. The highest BCUT2D eigenvalue weighted by atomic mass is 16.4. The van der Waals surface area contributed by atoms with Gasteiger partial charge in [0.1, 0.15) is 23.1 Å². The lowest BCUT2D eigenvalue weighted by Gasteiger charge is -2.07. The second-order valence-corrected chi connectivity index (χ2v) is 7.95. The van der Waals surface area contributed by atoms with Crippen LogP contribution in [0.4, 0.5) is 0 Å². The standard InChI is InChI=1S/C24H14N6O6/c31-19(15-9-17(29-27-15)21-25-13-7-3-1-5-11(13)23(33)35-21)20(32)16-10-18(30-28-16)22-26-14-8-4-2-6-12(14)24(34)36-22/h1-9,18,30H,10H2,(H,27,29). The minimum absolute atomic E-state index is 0.0166. The van der Waals surface area contributed by atoms with Crippen molar-refractivity contribution in [3.05, 3.63) is 87.0 Å². The van der Waals surface area contributed by atoms with Crippen molar-refractivity contribution in [3.8, 4) is 11.6 Å². The summed E-state index contributed by atoms with van der Waals surface area (Å²) in [6.45, 7) is 0. The molecule has 5 aromatic rings. The summed E-state index contributed by atoms with van der Waals surface area (Å²) in [4.78, 5) is 58.6. The fraction of sp³-hybridized carbons (Fsp3) is 0.0833. The molecular formula is C24H14N6O6. The van der Waals surface area contributed by atoms with E-state index < -0.39 is 28.9 Å². The molecule has 2 N–H and O–H groups in total. The van der Waals surface area contributed by atoms with Gasteiger partial charge in [0, 0.05) is 12.5 Å². The number of hydrogen-bond donors (Lipinski definition) is 2. The predicted octanol–water partition coefficient (Wildman–Crippen LogP) is 1.92. The molecule has 0 radical (unpaired) electrons. The number of aromatic amines is 1. The Balaban J connectivity index is 1.21. The molecule has 2 aromatic carbocycles. The summed E-state index contributed by atoms with van der Waals surface area (Å²) in [7, 11) is 0. The molecule has 1 atom stereocenters. The van der Waals surface area contributed by atoms with Gasteiger partial charge in [0.2, 0.25) is 11.8 Å². The van der Waals surface area contributed by atoms with Gasteiger partial charge in [-0.1, -0.05) is 24.3 Å². The van der Waals surface area contributed by atoms with E-state index in [-0.39, 0.29) is 35.3 Å². The van der Waals surface area contributed by atoms with Gasteiger partial charge < -0.3 is 8.83 Å². The number of carbonyl (C=O) groups excluding carboxylic acids is 2. The molecule has 6 rings (SSSR count). The van der Waals surface area contributed by atoms with E-state index in [9.17, 15) is 19.2 Å². The van der Waals surface area contributed by atoms with Crippen LogP contribution in [0.3, 0.4) is 0 Å². The first kappa shape index (κ1) is 21.3. The van der Waals surface area contributed by atoms with Crippen molar-refractivity contribution in [2.75, 3.05) is 0 Å². The van der Waals surface area contributed by atoms with Crippen LogP contribution in [0.5, 0.6) is 0 Å². The number of ketones is 2. The second kappa shape index (κ2) is 8.20. The quantitative estimate of drug-likeness (QED) is 0.278. The van der Waals surface area contributed by atoms with E-state index in [1.54, 1.807) is 48.5 Å². The van der Waals surface area contributed by atoms with Gasteiger partial charge in [0.15, 0.2) is 0 Å². The largest absolute Gasteiger partial charge is 0.405 e. The van der Waals surface area contributed by atoms with Crippen molar-refractivity contribution in [2.45, 2.75) is 12.5 Å². The minimum atomic E-state index is -0.922. The number of nitrogens with zero attached hydrogens (tertiary/aromatic N) is 4. The molecule has 0 spiro atoms. The van der Waals surface area contributed by atoms with Crippen LogP contribution in [-0.2, 0) is 4.79 Å². The highest BCUT2D eigenvalue weighted by Crippen LogP contribution is 2.23. The van der Waals surface area contributed by atoms with Gasteiger partial charge in [-0.15, -0.1) is 0 Å². The summed E-state index contributed by atoms with van der Waals surface area (Å²) in [5.41, 5.74) is 2.27. The van der Waals surface area contributed by atoms with Crippen molar-refractivity contribution in [1.29, 1.82) is 0 Å². The Bertz CT molecular complexity index is 1850. The van der Waals surface area contributed by atoms with Gasteiger partial charge in [0.05, 0.1) is 21.8 Å². The van der Waals surface area contributed by atoms with E-state index in [1.165, 1.54) is 6.07 Å². The number of fused-ring (bicyclic) bond motifs is 2. The van der Waals surface area contributed by atoms with Crippen LogP contribution < -0.4 is 16.7 Å². The van der Waals surface area contributed by atoms with Crippen LogP contribution in [0.1, 0.15) is 28.8 Å². The van der Waals surface area contributed by atoms with Gasteiger partial charge in [-0.25, -0.2) is 19.6 Å². The maximum Gasteiger partial charge on any atom is 0.347 e. The van der Waals surface area contributed by atoms with Gasteiger partial charge in [-0.05, 0) is 24.3 Å². The zero-order chi connectivity index (χ0) is 24.8. The van der Waals surface area contributed by atoms with E-state index in [0.717, 1.165) is 0 Å². The van der Waals surface area contributed by atoms with Crippen LogP contribution in [0.25, 0.3) is 33.4 Å². The molecule has 4 heterocycles. The Morgan fingerprint density at radius 1 is 0.861 bits per heavy atom. The lowest BCUT2D eigenvalue weighted by Crippen LogP contribution is -2.24. The van der Waals surface area contributed by atoms with Crippen LogP contribution in [0.2, 0.25) is 0 Å². The lowest BCUT2D eigenvalue weighted by atomic mass is 10.0. The van der Waals surface area contributed by atoms with E-state index in [4.69, 9.17) is 8.83 Å². The molecule has 0 amide bonds. The molecule has 0 bridgehead atoms. The Morgan fingerprint density at radius 3 is 2.28 bits per heavy atom. The fourth-order valence-corrected chi connectivity index (χ4v) is 3.84. The smallest absolute Gasteiger partial charge is 0.347 e. The maximum absolute atomic E-state index is 12.8. The van der Waals surface area contributed by atoms with Crippen LogP contribution in [-0.4, -0.2) is 37.4 Å². The third kappa shape index (κ3) is 3.57. The Labute approximate surface area is 199 Å². The maximum atomic E-state index is 12.8. The number of hydrazone groups is 1. The topological polar surface area (TPSA) is 173 Å². The minimum Gasteiger partial charge on any atom is -0.405 e. The molecule has 0 aliphatic carbocycles. The van der Waals surface area contributed by atoms with Crippen LogP contribution in [0, 0.1) is 0 Å². The molecule has 36 heavy (non-hydrogen) atoms. The molecule has 12 heteroatoms. The molecule has 0 fully saturated rings. The van der Waals surface area contributed by atoms with Crippen molar-refractivity contribution < 1.29 is 18.4 Å². The summed E-state index contributed by atoms with van der Waals surface area (Å²) < 4.78 is 10.5. The van der Waals surface area contributed by atoms with E-state index in [0.29, 0.717) is 21.8 Å². The molecule has 0 saturated carbocycles. The van der Waals surface area contributed by atoms with Gasteiger partial charge in [-0.3, -0.25) is 20.1 Å². The lowest BCUT2D eigenvalue weighted by molar-refractivity contribution is -0.109. The van der Waals surface area contributed by atoms with Crippen molar-refractivity contribution in [1.82, 2.24) is 25.6 Å². The predicted molar refractivity (Wildman–Crippen MR) is 125 cm³/mol. The van der Waals surface area contributed by atoms with Gasteiger partial charge >= 0.3 is 11.3 Å². The second-order valence-electron chi connectivity index (χ2n) is 7.95.